The van der Waals surface area contributed by atoms with Crippen LogP contribution in [0.1, 0.15) is 43.0 Å². The van der Waals surface area contributed by atoms with E-state index in [-0.39, 0.29) is 18.4 Å². The molecule has 0 saturated carbocycles. The van der Waals surface area contributed by atoms with Gasteiger partial charge in [0.05, 0.1) is 11.5 Å². The van der Waals surface area contributed by atoms with Crippen LogP contribution in [0.25, 0.3) is 0 Å². The van der Waals surface area contributed by atoms with Crippen molar-refractivity contribution in [3.63, 3.8) is 0 Å². The van der Waals surface area contributed by atoms with Gasteiger partial charge in [-0.1, -0.05) is 6.92 Å². The van der Waals surface area contributed by atoms with Gasteiger partial charge in [0.15, 0.2) is 0 Å². The number of aliphatic carboxylic acids is 1. The van der Waals surface area contributed by atoms with Gasteiger partial charge in [-0.15, -0.1) is 0 Å². The smallest absolute Gasteiger partial charge is 0.308 e. The topological polar surface area (TPSA) is 73.7 Å². The average molecular weight is 331 g/mol. The van der Waals surface area contributed by atoms with Crippen LogP contribution in [0.3, 0.4) is 0 Å². The van der Waals surface area contributed by atoms with Crippen molar-refractivity contribution in [1.82, 2.24) is 9.88 Å². The summed E-state index contributed by atoms with van der Waals surface area (Å²) in [5.74, 6) is -0.456. The lowest BCUT2D eigenvalue weighted by Gasteiger charge is -2.36. The maximum atomic E-state index is 13.0. The second kappa shape index (κ2) is 7.20. The third-order valence-electron chi connectivity index (χ3n) is 4.97. The molecule has 0 aromatic carbocycles. The van der Waals surface area contributed by atoms with Crippen LogP contribution in [0.4, 0.5) is 5.82 Å². The number of amides is 1. The summed E-state index contributed by atoms with van der Waals surface area (Å²) in [6.07, 6.45) is 5.80. The van der Waals surface area contributed by atoms with E-state index < -0.39 is 11.9 Å². The van der Waals surface area contributed by atoms with Crippen molar-refractivity contribution in [2.45, 2.75) is 32.6 Å². The predicted molar refractivity (Wildman–Crippen MR) is 91.1 cm³/mol. The van der Waals surface area contributed by atoms with Gasteiger partial charge in [-0.3, -0.25) is 9.59 Å². The van der Waals surface area contributed by atoms with E-state index in [4.69, 9.17) is 0 Å². The molecule has 1 N–H and O–H groups in total. The molecule has 2 fully saturated rings. The molecule has 6 heteroatoms. The molecule has 0 aliphatic carbocycles. The van der Waals surface area contributed by atoms with Gasteiger partial charge in [0, 0.05) is 32.4 Å². The first-order chi connectivity index (χ1) is 11.6. The van der Waals surface area contributed by atoms with E-state index in [1.165, 1.54) is 6.42 Å². The summed E-state index contributed by atoms with van der Waals surface area (Å²) in [6, 6.07) is 3.59. The fourth-order valence-electron chi connectivity index (χ4n) is 3.79. The third-order valence-corrected chi connectivity index (χ3v) is 4.97. The molecule has 3 rings (SSSR count). The van der Waals surface area contributed by atoms with Gasteiger partial charge in [0.1, 0.15) is 5.82 Å². The van der Waals surface area contributed by atoms with Crippen molar-refractivity contribution in [3.05, 3.63) is 23.9 Å². The molecule has 3 heterocycles. The third kappa shape index (κ3) is 3.52. The first-order valence-corrected chi connectivity index (χ1v) is 8.78. The maximum absolute atomic E-state index is 13.0. The van der Waals surface area contributed by atoms with Crippen LogP contribution in [0, 0.1) is 11.8 Å². The summed E-state index contributed by atoms with van der Waals surface area (Å²) in [7, 11) is 0. The molecule has 2 atom stereocenters. The van der Waals surface area contributed by atoms with Crippen LogP contribution in [0.2, 0.25) is 0 Å². The van der Waals surface area contributed by atoms with Crippen LogP contribution >= 0.6 is 0 Å². The Hall–Kier alpha value is -2.11. The monoisotopic (exact) mass is 331 g/mol. The Morgan fingerprint density at radius 1 is 1.21 bits per heavy atom. The van der Waals surface area contributed by atoms with Gasteiger partial charge in [-0.25, -0.2) is 4.98 Å². The van der Waals surface area contributed by atoms with Crippen molar-refractivity contribution in [2.24, 2.45) is 11.8 Å². The quantitative estimate of drug-likeness (QED) is 0.919. The molecule has 0 spiro atoms. The Kier molecular flexibility index (Phi) is 5.02. The Morgan fingerprint density at radius 2 is 1.96 bits per heavy atom. The molecule has 1 aromatic heterocycles. The summed E-state index contributed by atoms with van der Waals surface area (Å²) in [4.78, 5) is 32.7. The van der Waals surface area contributed by atoms with Gasteiger partial charge in [0.25, 0.3) is 5.91 Å². The highest BCUT2D eigenvalue weighted by atomic mass is 16.4. The molecular weight excluding hydrogens is 306 g/mol. The zero-order valence-corrected chi connectivity index (χ0v) is 14.1. The van der Waals surface area contributed by atoms with E-state index in [2.05, 4.69) is 9.88 Å². The lowest BCUT2D eigenvalue weighted by molar-refractivity contribution is -0.143. The van der Waals surface area contributed by atoms with Crippen molar-refractivity contribution in [2.75, 3.05) is 31.1 Å². The highest BCUT2D eigenvalue weighted by Gasteiger charge is 2.33. The van der Waals surface area contributed by atoms with E-state index in [0.717, 1.165) is 31.7 Å². The number of aromatic nitrogens is 1. The largest absolute Gasteiger partial charge is 0.481 e. The van der Waals surface area contributed by atoms with E-state index in [9.17, 15) is 14.7 Å². The first kappa shape index (κ1) is 16.7. The molecule has 2 aliphatic rings. The SMILES string of the molecule is CC1CC(C(=O)O)CN(C(=O)c2cccnc2N2CCCCC2)C1. The fraction of sp³-hybridized carbons (Fsp3) is 0.611. The molecule has 0 radical (unpaired) electrons. The molecule has 1 aromatic rings. The first-order valence-electron chi connectivity index (χ1n) is 8.78. The summed E-state index contributed by atoms with van der Waals surface area (Å²) in [6.45, 7) is 4.74. The normalized spacial score (nSPS) is 24.7. The Balaban J connectivity index is 1.83. The fourth-order valence-corrected chi connectivity index (χ4v) is 3.79. The van der Waals surface area contributed by atoms with Crippen LogP contribution < -0.4 is 4.90 Å². The minimum Gasteiger partial charge on any atom is -0.481 e. The summed E-state index contributed by atoms with van der Waals surface area (Å²) in [5.41, 5.74) is 0.595. The number of hydrogen-bond acceptors (Lipinski definition) is 4. The van der Waals surface area contributed by atoms with Crippen molar-refractivity contribution >= 4 is 17.7 Å². The van der Waals surface area contributed by atoms with E-state index in [1.54, 1.807) is 17.2 Å². The molecule has 130 valence electrons. The highest BCUT2D eigenvalue weighted by molar-refractivity contribution is 5.99. The highest BCUT2D eigenvalue weighted by Crippen LogP contribution is 2.27. The predicted octanol–water partition coefficient (Wildman–Crippen LogP) is 2.25. The summed E-state index contributed by atoms with van der Waals surface area (Å²) in [5, 5.41) is 9.33. The number of hydrogen-bond donors (Lipinski definition) is 1. The van der Waals surface area contributed by atoms with Crippen LogP contribution in [-0.2, 0) is 4.79 Å². The van der Waals surface area contributed by atoms with Crippen LogP contribution in [0.5, 0.6) is 0 Å². The molecule has 2 saturated heterocycles. The zero-order valence-electron chi connectivity index (χ0n) is 14.1. The van der Waals surface area contributed by atoms with Crippen LogP contribution in [0.15, 0.2) is 18.3 Å². The molecule has 1 amide bonds. The molecule has 6 nitrogen and oxygen atoms in total. The summed E-state index contributed by atoms with van der Waals surface area (Å²) < 4.78 is 0. The number of rotatable bonds is 3. The maximum Gasteiger partial charge on any atom is 0.308 e. The van der Waals surface area contributed by atoms with Crippen molar-refractivity contribution < 1.29 is 14.7 Å². The minimum absolute atomic E-state index is 0.0959. The number of pyridine rings is 1. The lowest BCUT2D eigenvalue weighted by Crippen LogP contribution is -2.46. The number of carboxylic acids is 1. The number of carbonyl (C=O) groups excluding carboxylic acids is 1. The van der Waals surface area contributed by atoms with E-state index >= 15 is 0 Å². The number of piperidine rings is 2. The standard InChI is InChI=1S/C18H25N3O3/c1-13-10-14(18(23)24)12-21(11-13)17(22)15-6-5-7-19-16(15)20-8-3-2-4-9-20/h5-7,13-14H,2-4,8-12H2,1H3,(H,23,24). The van der Waals surface area contributed by atoms with E-state index in [1.807, 2.05) is 13.0 Å². The summed E-state index contributed by atoms with van der Waals surface area (Å²) >= 11 is 0. The minimum atomic E-state index is -0.818. The van der Waals surface area contributed by atoms with Crippen molar-refractivity contribution in [1.29, 1.82) is 0 Å². The Morgan fingerprint density at radius 3 is 2.67 bits per heavy atom. The number of carboxylic acid groups (broad SMARTS) is 1. The number of likely N-dealkylation sites (tertiary alicyclic amines) is 1. The van der Waals surface area contributed by atoms with Crippen LogP contribution in [-0.4, -0.2) is 53.0 Å². The number of nitrogens with zero attached hydrogens (tertiary/aromatic N) is 3. The average Bonchev–Trinajstić information content (AvgIpc) is 2.61. The lowest BCUT2D eigenvalue weighted by atomic mass is 9.90. The van der Waals surface area contributed by atoms with Gasteiger partial charge < -0.3 is 14.9 Å². The van der Waals surface area contributed by atoms with Gasteiger partial charge in [0.2, 0.25) is 0 Å². The van der Waals surface area contributed by atoms with E-state index in [0.29, 0.717) is 18.5 Å². The number of carbonyl (C=O) groups is 2. The zero-order chi connectivity index (χ0) is 17.1. The molecule has 0 bridgehead atoms. The van der Waals surface area contributed by atoms with Gasteiger partial charge >= 0.3 is 5.97 Å². The van der Waals surface area contributed by atoms with Gasteiger partial charge in [-0.2, -0.15) is 0 Å². The molecule has 2 aliphatic heterocycles. The second-order valence-corrected chi connectivity index (χ2v) is 7.01. The number of anilines is 1. The molecule has 24 heavy (non-hydrogen) atoms. The second-order valence-electron chi connectivity index (χ2n) is 7.01. The van der Waals surface area contributed by atoms with Crippen molar-refractivity contribution in [3.8, 4) is 0 Å². The van der Waals surface area contributed by atoms with Gasteiger partial charge in [-0.05, 0) is 43.7 Å². The molecular formula is C18H25N3O3. The Labute approximate surface area is 142 Å². The molecule has 2 unspecified atom stereocenters. The Bertz CT molecular complexity index is 613.